The number of hydrogen-bond acceptors (Lipinski definition) is 6. The average Bonchev–Trinajstić information content (AvgIpc) is 3.15. The van der Waals surface area contributed by atoms with Crippen LogP contribution in [0.5, 0.6) is 0 Å². The van der Waals surface area contributed by atoms with Crippen molar-refractivity contribution in [1.82, 2.24) is 29.4 Å². The second-order valence-corrected chi connectivity index (χ2v) is 9.51. The van der Waals surface area contributed by atoms with E-state index in [9.17, 15) is 4.79 Å². The fourth-order valence-electron chi connectivity index (χ4n) is 4.60. The number of nitrogens with zero attached hydrogens (tertiary/aromatic N) is 6. The van der Waals surface area contributed by atoms with E-state index >= 15 is 0 Å². The summed E-state index contributed by atoms with van der Waals surface area (Å²) in [5, 5.41) is 9.44. The van der Waals surface area contributed by atoms with Gasteiger partial charge in [-0.05, 0) is 36.6 Å². The molecule has 5 heterocycles. The summed E-state index contributed by atoms with van der Waals surface area (Å²) in [6, 6.07) is 4.11. The normalized spacial score (nSPS) is 20.4. The van der Waals surface area contributed by atoms with Crippen LogP contribution in [0.15, 0.2) is 16.9 Å². The highest BCUT2D eigenvalue weighted by atomic mass is 32.2. The summed E-state index contributed by atoms with van der Waals surface area (Å²) in [6.07, 6.45) is 4.71. The van der Waals surface area contributed by atoms with E-state index in [4.69, 9.17) is 5.10 Å². The van der Waals surface area contributed by atoms with Gasteiger partial charge in [0, 0.05) is 69.7 Å². The number of fused-ring (bicyclic) bond motifs is 2. The molecule has 8 heteroatoms. The van der Waals surface area contributed by atoms with Gasteiger partial charge in [0.05, 0.1) is 17.9 Å². The maximum atomic E-state index is 12.4. The van der Waals surface area contributed by atoms with Gasteiger partial charge in [0.15, 0.2) is 0 Å². The van der Waals surface area contributed by atoms with Gasteiger partial charge in [-0.15, -0.1) is 0 Å². The summed E-state index contributed by atoms with van der Waals surface area (Å²) < 4.78 is 3.88. The number of piperazine rings is 1. The molecule has 3 aliphatic heterocycles. The molecule has 7 nitrogen and oxygen atoms in total. The van der Waals surface area contributed by atoms with E-state index in [1.54, 1.807) is 10.7 Å². The molecule has 1 saturated heterocycles. The lowest BCUT2D eigenvalue weighted by molar-refractivity contribution is 0.121. The summed E-state index contributed by atoms with van der Waals surface area (Å²) in [5.74, 6) is 2.04. The Labute approximate surface area is 176 Å². The van der Waals surface area contributed by atoms with E-state index in [0.29, 0.717) is 6.54 Å². The number of aromatic nitrogens is 4. The van der Waals surface area contributed by atoms with E-state index in [1.165, 1.54) is 30.7 Å². The molecule has 0 unspecified atom stereocenters. The van der Waals surface area contributed by atoms with Crippen LogP contribution < -0.4 is 5.56 Å². The van der Waals surface area contributed by atoms with Gasteiger partial charge in [0.1, 0.15) is 0 Å². The second kappa shape index (κ2) is 8.62. The minimum absolute atomic E-state index is 0.0497. The Morgan fingerprint density at radius 3 is 2.66 bits per heavy atom. The largest absolute Gasteiger partial charge is 0.299 e. The first kappa shape index (κ1) is 19.3. The van der Waals surface area contributed by atoms with Crippen molar-refractivity contribution in [3.63, 3.8) is 0 Å². The maximum Gasteiger partial charge on any atom is 0.267 e. The zero-order valence-electron chi connectivity index (χ0n) is 17.1. The Hall–Kier alpha value is -1.64. The van der Waals surface area contributed by atoms with E-state index < -0.39 is 0 Å². The highest BCUT2D eigenvalue weighted by Crippen LogP contribution is 2.21. The molecule has 0 atom stereocenters. The number of thioether (sulfide) groups is 1. The van der Waals surface area contributed by atoms with E-state index in [2.05, 4.69) is 25.6 Å². The first-order valence-electron chi connectivity index (χ1n) is 10.9. The molecule has 29 heavy (non-hydrogen) atoms. The van der Waals surface area contributed by atoms with Crippen molar-refractivity contribution in [2.24, 2.45) is 0 Å². The van der Waals surface area contributed by atoms with Crippen molar-refractivity contribution in [2.45, 2.75) is 51.1 Å². The Morgan fingerprint density at radius 1 is 0.931 bits per heavy atom. The summed E-state index contributed by atoms with van der Waals surface area (Å²) in [7, 11) is 0. The third kappa shape index (κ3) is 4.44. The molecule has 5 rings (SSSR count). The standard InChI is InChI=1S/C21H30N6OS/c28-21-13-17-16-29-12-4-20(17)23-27(21)11-10-24-6-8-25(9-7-24)15-18-14-19-3-1-2-5-26(19)22-18/h13-14H,1-12,15-16H2. The fourth-order valence-corrected chi connectivity index (χ4v) is 5.56. The van der Waals surface area contributed by atoms with E-state index in [-0.39, 0.29) is 5.56 Å². The topological polar surface area (TPSA) is 59.2 Å². The predicted octanol–water partition coefficient (Wildman–Crippen LogP) is 1.38. The molecule has 0 aromatic carbocycles. The number of aryl methyl sites for hydroxylation is 3. The predicted molar refractivity (Wildman–Crippen MR) is 115 cm³/mol. The molecule has 3 aliphatic rings. The molecule has 1 fully saturated rings. The Kier molecular flexibility index (Phi) is 5.74. The monoisotopic (exact) mass is 414 g/mol. The van der Waals surface area contributed by atoms with Gasteiger partial charge in [-0.2, -0.15) is 22.0 Å². The Morgan fingerprint density at radius 2 is 1.79 bits per heavy atom. The van der Waals surface area contributed by atoms with Crippen LogP contribution in [0.25, 0.3) is 0 Å². The molecule has 156 valence electrons. The van der Waals surface area contributed by atoms with Gasteiger partial charge in [0.2, 0.25) is 0 Å². The van der Waals surface area contributed by atoms with Crippen LogP contribution in [-0.4, -0.2) is 67.8 Å². The molecule has 2 aromatic rings. The smallest absolute Gasteiger partial charge is 0.267 e. The first-order valence-corrected chi connectivity index (χ1v) is 12.1. The molecular formula is C21H30N6OS. The fraction of sp³-hybridized carbons (Fsp3) is 0.667. The third-order valence-corrected chi connectivity index (χ3v) is 7.36. The van der Waals surface area contributed by atoms with Crippen LogP contribution in [0.3, 0.4) is 0 Å². The van der Waals surface area contributed by atoms with Gasteiger partial charge in [-0.1, -0.05) is 0 Å². The van der Waals surface area contributed by atoms with Crippen LogP contribution in [0.4, 0.5) is 0 Å². The number of hydrogen-bond donors (Lipinski definition) is 0. The van der Waals surface area contributed by atoms with Crippen LogP contribution in [0, 0.1) is 0 Å². The quantitative estimate of drug-likeness (QED) is 0.737. The van der Waals surface area contributed by atoms with Gasteiger partial charge >= 0.3 is 0 Å². The molecule has 0 spiro atoms. The van der Waals surface area contributed by atoms with Crippen LogP contribution in [-0.2, 0) is 38.2 Å². The van der Waals surface area contributed by atoms with Crippen molar-refractivity contribution in [3.05, 3.63) is 45.1 Å². The van der Waals surface area contributed by atoms with Crippen molar-refractivity contribution in [1.29, 1.82) is 0 Å². The highest BCUT2D eigenvalue weighted by molar-refractivity contribution is 7.98. The van der Waals surface area contributed by atoms with Crippen LogP contribution in [0.2, 0.25) is 0 Å². The van der Waals surface area contributed by atoms with Gasteiger partial charge in [-0.3, -0.25) is 19.3 Å². The van der Waals surface area contributed by atoms with E-state index in [0.717, 1.165) is 75.0 Å². The first-order chi connectivity index (χ1) is 14.2. The van der Waals surface area contributed by atoms with Gasteiger partial charge in [0.25, 0.3) is 5.56 Å². The lowest BCUT2D eigenvalue weighted by Crippen LogP contribution is -2.47. The summed E-state index contributed by atoms with van der Waals surface area (Å²) in [4.78, 5) is 17.3. The molecular weight excluding hydrogens is 384 g/mol. The molecule has 0 N–H and O–H groups in total. The average molecular weight is 415 g/mol. The van der Waals surface area contributed by atoms with Crippen molar-refractivity contribution < 1.29 is 0 Å². The van der Waals surface area contributed by atoms with Crippen molar-refractivity contribution in [2.75, 3.05) is 38.5 Å². The molecule has 0 radical (unpaired) electrons. The third-order valence-electron chi connectivity index (χ3n) is 6.35. The van der Waals surface area contributed by atoms with Crippen LogP contribution >= 0.6 is 11.8 Å². The Bertz CT molecular complexity index is 891. The lowest BCUT2D eigenvalue weighted by atomic mass is 10.1. The zero-order valence-corrected chi connectivity index (χ0v) is 17.9. The molecule has 0 bridgehead atoms. The lowest BCUT2D eigenvalue weighted by Gasteiger charge is -2.34. The highest BCUT2D eigenvalue weighted by Gasteiger charge is 2.20. The van der Waals surface area contributed by atoms with E-state index in [1.807, 2.05) is 11.8 Å². The molecule has 0 aliphatic carbocycles. The minimum atomic E-state index is 0.0497. The summed E-state index contributed by atoms with van der Waals surface area (Å²) in [5.41, 5.74) is 4.94. The van der Waals surface area contributed by atoms with Gasteiger partial charge < -0.3 is 0 Å². The number of rotatable bonds is 5. The summed E-state index contributed by atoms with van der Waals surface area (Å²) >= 11 is 1.89. The van der Waals surface area contributed by atoms with Crippen molar-refractivity contribution >= 4 is 11.8 Å². The Balaban J connectivity index is 1.12. The summed E-state index contributed by atoms with van der Waals surface area (Å²) in [6.45, 7) is 7.83. The maximum absolute atomic E-state index is 12.4. The van der Waals surface area contributed by atoms with Crippen molar-refractivity contribution in [3.8, 4) is 0 Å². The molecule has 0 amide bonds. The van der Waals surface area contributed by atoms with Crippen LogP contribution in [0.1, 0.15) is 35.5 Å². The zero-order chi connectivity index (χ0) is 19.6. The van der Waals surface area contributed by atoms with Gasteiger partial charge in [-0.25, -0.2) is 4.68 Å². The molecule has 2 aromatic heterocycles. The molecule has 0 saturated carbocycles. The minimum Gasteiger partial charge on any atom is -0.299 e. The SMILES string of the molecule is O=c1cc2c(nn1CCN1CCN(Cc3cc4n(n3)CCCC4)CC1)CCSC2. The second-order valence-electron chi connectivity index (χ2n) is 8.41.